The highest BCUT2D eigenvalue weighted by molar-refractivity contribution is 4.89. The van der Waals surface area contributed by atoms with E-state index in [2.05, 4.69) is 17.3 Å². The Morgan fingerprint density at radius 3 is 2.43 bits per heavy atom. The fraction of sp³-hybridized carbons (Fsp3) is 1.00. The molecule has 14 heavy (non-hydrogen) atoms. The predicted octanol–water partition coefficient (Wildman–Crippen LogP) is 1.72. The standard InChI is InChI=1S/C12H24N2/c1-13-9-11-8-12(11)10-14-6-4-2-3-5-7-14/h11-13H,2-10H2,1H3/t11-,12+/m1/s1. The average Bonchev–Trinajstić information content (AvgIpc) is 2.93. The fourth-order valence-corrected chi connectivity index (χ4v) is 2.70. The van der Waals surface area contributed by atoms with E-state index in [4.69, 9.17) is 0 Å². The van der Waals surface area contributed by atoms with E-state index in [0.717, 1.165) is 11.8 Å². The molecule has 1 saturated heterocycles. The van der Waals surface area contributed by atoms with E-state index >= 15 is 0 Å². The molecule has 82 valence electrons. The molecule has 1 N–H and O–H groups in total. The van der Waals surface area contributed by atoms with Crippen LogP contribution >= 0.6 is 0 Å². The van der Waals surface area contributed by atoms with E-state index in [0.29, 0.717) is 0 Å². The van der Waals surface area contributed by atoms with Gasteiger partial charge in [0.05, 0.1) is 0 Å². The first-order chi connectivity index (χ1) is 6.90. The Balaban J connectivity index is 1.65. The van der Waals surface area contributed by atoms with Crippen LogP contribution in [0, 0.1) is 11.8 Å². The lowest BCUT2D eigenvalue weighted by Crippen LogP contribution is -2.27. The highest BCUT2D eigenvalue weighted by Crippen LogP contribution is 2.38. The predicted molar refractivity (Wildman–Crippen MR) is 60.4 cm³/mol. The van der Waals surface area contributed by atoms with Gasteiger partial charge < -0.3 is 10.2 Å². The summed E-state index contributed by atoms with van der Waals surface area (Å²) < 4.78 is 0. The molecule has 2 aliphatic rings. The van der Waals surface area contributed by atoms with E-state index in [1.807, 2.05) is 0 Å². The lowest BCUT2D eigenvalue weighted by Gasteiger charge is -2.19. The molecular weight excluding hydrogens is 172 g/mol. The quantitative estimate of drug-likeness (QED) is 0.736. The molecule has 0 amide bonds. The maximum atomic E-state index is 3.29. The fourth-order valence-electron chi connectivity index (χ4n) is 2.70. The van der Waals surface area contributed by atoms with E-state index in [-0.39, 0.29) is 0 Å². The Kier molecular flexibility index (Phi) is 3.82. The first kappa shape index (κ1) is 10.4. The van der Waals surface area contributed by atoms with Gasteiger partial charge in [-0.05, 0) is 57.8 Å². The van der Waals surface area contributed by atoms with Crippen LogP contribution < -0.4 is 5.32 Å². The van der Waals surface area contributed by atoms with Crippen LogP contribution in [-0.2, 0) is 0 Å². The Hall–Kier alpha value is -0.0800. The molecule has 2 fully saturated rings. The summed E-state index contributed by atoms with van der Waals surface area (Å²) in [6.07, 6.45) is 7.26. The molecule has 1 saturated carbocycles. The van der Waals surface area contributed by atoms with Crippen molar-refractivity contribution in [1.82, 2.24) is 10.2 Å². The number of rotatable bonds is 4. The van der Waals surface area contributed by atoms with Crippen molar-refractivity contribution in [2.45, 2.75) is 32.1 Å². The lowest BCUT2D eigenvalue weighted by molar-refractivity contribution is 0.268. The minimum atomic E-state index is 0.989. The van der Waals surface area contributed by atoms with Crippen molar-refractivity contribution in [3.8, 4) is 0 Å². The van der Waals surface area contributed by atoms with E-state index in [1.54, 1.807) is 0 Å². The van der Waals surface area contributed by atoms with Gasteiger partial charge in [-0.25, -0.2) is 0 Å². The molecule has 0 radical (unpaired) electrons. The van der Waals surface area contributed by atoms with Gasteiger partial charge in [-0.3, -0.25) is 0 Å². The van der Waals surface area contributed by atoms with Gasteiger partial charge in [-0.2, -0.15) is 0 Å². The van der Waals surface area contributed by atoms with Crippen molar-refractivity contribution in [2.24, 2.45) is 11.8 Å². The van der Waals surface area contributed by atoms with Gasteiger partial charge in [0.15, 0.2) is 0 Å². The van der Waals surface area contributed by atoms with Crippen LogP contribution in [0.5, 0.6) is 0 Å². The molecule has 0 unspecified atom stereocenters. The minimum Gasteiger partial charge on any atom is -0.319 e. The second-order valence-corrected chi connectivity index (χ2v) is 5.03. The number of nitrogens with one attached hydrogen (secondary N) is 1. The highest BCUT2D eigenvalue weighted by atomic mass is 15.1. The van der Waals surface area contributed by atoms with Gasteiger partial charge in [-0.1, -0.05) is 12.8 Å². The Morgan fingerprint density at radius 2 is 1.79 bits per heavy atom. The van der Waals surface area contributed by atoms with Crippen molar-refractivity contribution in [3.05, 3.63) is 0 Å². The number of hydrogen-bond donors (Lipinski definition) is 1. The molecule has 2 atom stereocenters. The maximum Gasteiger partial charge on any atom is 0.00129 e. The van der Waals surface area contributed by atoms with Crippen LogP contribution in [0.3, 0.4) is 0 Å². The Labute approximate surface area is 88.1 Å². The number of hydrogen-bond acceptors (Lipinski definition) is 2. The van der Waals surface area contributed by atoms with Gasteiger partial charge in [0.1, 0.15) is 0 Å². The van der Waals surface area contributed by atoms with Crippen molar-refractivity contribution in [2.75, 3.05) is 33.2 Å². The average molecular weight is 196 g/mol. The topological polar surface area (TPSA) is 15.3 Å². The van der Waals surface area contributed by atoms with Crippen LogP contribution in [-0.4, -0.2) is 38.1 Å². The molecule has 2 nitrogen and oxygen atoms in total. The summed E-state index contributed by atoms with van der Waals surface area (Å²) in [5.74, 6) is 2.00. The molecule has 0 spiro atoms. The van der Waals surface area contributed by atoms with Gasteiger partial charge in [0, 0.05) is 6.54 Å². The Morgan fingerprint density at radius 1 is 1.07 bits per heavy atom. The van der Waals surface area contributed by atoms with Crippen molar-refractivity contribution in [3.63, 3.8) is 0 Å². The van der Waals surface area contributed by atoms with Gasteiger partial charge in [0.2, 0.25) is 0 Å². The smallest absolute Gasteiger partial charge is 0.00129 e. The molecule has 0 aromatic heterocycles. The molecule has 1 heterocycles. The van der Waals surface area contributed by atoms with Crippen LogP contribution in [0.25, 0.3) is 0 Å². The molecule has 2 rings (SSSR count). The number of nitrogens with zero attached hydrogens (tertiary/aromatic N) is 1. The van der Waals surface area contributed by atoms with Crippen LogP contribution in [0.4, 0.5) is 0 Å². The first-order valence-corrected chi connectivity index (χ1v) is 6.27. The van der Waals surface area contributed by atoms with Gasteiger partial charge in [-0.15, -0.1) is 0 Å². The summed E-state index contributed by atoms with van der Waals surface area (Å²) >= 11 is 0. The summed E-state index contributed by atoms with van der Waals surface area (Å²) in [5, 5.41) is 3.29. The maximum absolute atomic E-state index is 3.29. The third kappa shape index (κ3) is 2.96. The summed E-state index contributed by atoms with van der Waals surface area (Å²) in [5.41, 5.74) is 0. The van der Waals surface area contributed by atoms with Gasteiger partial charge in [0.25, 0.3) is 0 Å². The van der Waals surface area contributed by atoms with E-state index in [1.165, 1.54) is 58.3 Å². The molecule has 1 aliphatic heterocycles. The van der Waals surface area contributed by atoms with Crippen molar-refractivity contribution < 1.29 is 0 Å². The third-order valence-corrected chi connectivity index (χ3v) is 3.73. The summed E-state index contributed by atoms with van der Waals surface area (Å²) in [6.45, 7) is 5.34. The number of likely N-dealkylation sites (tertiary alicyclic amines) is 1. The highest BCUT2D eigenvalue weighted by Gasteiger charge is 2.37. The molecule has 2 heteroatoms. The van der Waals surface area contributed by atoms with Crippen LogP contribution in [0.2, 0.25) is 0 Å². The zero-order chi connectivity index (χ0) is 9.80. The second-order valence-electron chi connectivity index (χ2n) is 5.03. The molecule has 0 bridgehead atoms. The summed E-state index contributed by atoms with van der Waals surface area (Å²) in [7, 11) is 2.07. The van der Waals surface area contributed by atoms with Crippen molar-refractivity contribution >= 4 is 0 Å². The summed E-state index contributed by atoms with van der Waals surface area (Å²) in [6, 6.07) is 0. The zero-order valence-corrected chi connectivity index (χ0v) is 9.47. The lowest BCUT2D eigenvalue weighted by atomic mass is 10.2. The second kappa shape index (κ2) is 5.13. The zero-order valence-electron chi connectivity index (χ0n) is 9.47. The summed E-state index contributed by atoms with van der Waals surface area (Å²) in [4.78, 5) is 2.70. The third-order valence-electron chi connectivity index (χ3n) is 3.73. The molecule has 1 aliphatic carbocycles. The monoisotopic (exact) mass is 196 g/mol. The largest absolute Gasteiger partial charge is 0.319 e. The SMILES string of the molecule is CNC[C@H]1C[C@H]1CN1CCCCCC1. The van der Waals surface area contributed by atoms with Crippen molar-refractivity contribution in [1.29, 1.82) is 0 Å². The van der Waals surface area contributed by atoms with Gasteiger partial charge >= 0.3 is 0 Å². The van der Waals surface area contributed by atoms with Crippen LogP contribution in [0.1, 0.15) is 32.1 Å². The van der Waals surface area contributed by atoms with Crippen LogP contribution in [0.15, 0.2) is 0 Å². The normalized spacial score (nSPS) is 34.1. The van der Waals surface area contributed by atoms with E-state index < -0.39 is 0 Å². The van der Waals surface area contributed by atoms with E-state index in [9.17, 15) is 0 Å². The first-order valence-electron chi connectivity index (χ1n) is 6.27. The Bertz CT molecular complexity index is 162. The molecule has 0 aromatic rings. The minimum absolute atomic E-state index is 0.989. The molecular formula is C12H24N2. The molecule has 0 aromatic carbocycles.